The Bertz CT molecular complexity index is 439. The second-order valence-electron chi connectivity index (χ2n) is 6.73. The summed E-state index contributed by atoms with van der Waals surface area (Å²) in [6.07, 6.45) is 2.66. The molecule has 2 heteroatoms. The number of benzene rings is 1. The van der Waals surface area contributed by atoms with E-state index in [4.69, 9.17) is 0 Å². The van der Waals surface area contributed by atoms with Gasteiger partial charge in [0.2, 0.25) is 0 Å². The molecule has 1 aliphatic rings. The number of likely N-dealkylation sites (tertiary alicyclic amines) is 1. The summed E-state index contributed by atoms with van der Waals surface area (Å²) >= 11 is 0. The summed E-state index contributed by atoms with van der Waals surface area (Å²) in [6.45, 7) is 11.2. The number of piperidine rings is 1. The Morgan fingerprint density at radius 3 is 2.65 bits per heavy atom. The molecule has 0 amide bonds. The Hall–Kier alpha value is -0.860. The van der Waals surface area contributed by atoms with Crippen molar-refractivity contribution in [3.8, 4) is 0 Å². The van der Waals surface area contributed by atoms with Crippen LogP contribution in [-0.2, 0) is 0 Å². The largest absolute Gasteiger partial charge is 0.314 e. The van der Waals surface area contributed by atoms with Crippen molar-refractivity contribution < 1.29 is 0 Å². The van der Waals surface area contributed by atoms with Crippen LogP contribution < -0.4 is 5.32 Å². The third kappa shape index (κ3) is 3.62. The van der Waals surface area contributed by atoms with E-state index in [1.807, 2.05) is 0 Å². The fraction of sp³-hybridized carbons (Fsp3) is 0.667. The van der Waals surface area contributed by atoms with E-state index in [1.165, 1.54) is 36.1 Å². The standard InChI is InChI=1S/C18H30N2/c1-13(2)19-12-17-7-6-10-20(5)18(17)16-9-8-14(3)15(4)11-16/h8-9,11,13,17-19H,6-7,10,12H2,1-5H3. The predicted octanol–water partition coefficient (Wildman–Crippen LogP) is 3.68. The molecule has 1 aromatic carbocycles. The lowest BCUT2D eigenvalue weighted by Gasteiger charge is -2.40. The topological polar surface area (TPSA) is 15.3 Å². The molecule has 20 heavy (non-hydrogen) atoms. The highest BCUT2D eigenvalue weighted by Gasteiger charge is 2.30. The van der Waals surface area contributed by atoms with Gasteiger partial charge in [-0.1, -0.05) is 32.0 Å². The van der Waals surface area contributed by atoms with Gasteiger partial charge in [-0.05, 0) is 62.9 Å². The van der Waals surface area contributed by atoms with Crippen LogP contribution in [0.3, 0.4) is 0 Å². The Kier molecular flexibility index (Phi) is 5.22. The Morgan fingerprint density at radius 1 is 1.25 bits per heavy atom. The van der Waals surface area contributed by atoms with Gasteiger partial charge in [-0.2, -0.15) is 0 Å². The predicted molar refractivity (Wildman–Crippen MR) is 87.1 cm³/mol. The lowest BCUT2D eigenvalue weighted by molar-refractivity contribution is 0.118. The fourth-order valence-corrected chi connectivity index (χ4v) is 3.34. The zero-order valence-corrected chi connectivity index (χ0v) is 13.7. The first-order valence-corrected chi connectivity index (χ1v) is 8.00. The molecule has 0 aromatic heterocycles. The average molecular weight is 274 g/mol. The van der Waals surface area contributed by atoms with Crippen molar-refractivity contribution in [1.29, 1.82) is 0 Å². The zero-order valence-electron chi connectivity index (χ0n) is 13.7. The van der Waals surface area contributed by atoms with Crippen LogP contribution in [0.5, 0.6) is 0 Å². The van der Waals surface area contributed by atoms with Crippen molar-refractivity contribution in [2.75, 3.05) is 20.1 Å². The van der Waals surface area contributed by atoms with Crippen molar-refractivity contribution in [2.24, 2.45) is 5.92 Å². The fourth-order valence-electron chi connectivity index (χ4n) is 3.34. The minimum atomic E-state index is 0.564. The lowest BCUT2D eigenvalue weighted by atomic mass is 9.84. The maximum Gasteiger partial charge on any atom is 0.0385 e. The van der Waals surface area contributed by atoms with Gasteiger partial charge in [0.1, 0.15) is 0 Å². The Morgan fingerprint density at radius 2 is 2.00 bits per heavy atom. The van der Waals surface area contributed by atoms with Crippen LogP contribution in [-0.4, -0.2) is 31.1 Å². The first-order valence-electron chi connectivity index (χ1n) is 8.00. The zero-order chi connectivity index (χ0) is 14.7. The molecule has 112 valence electrons. The van der Waals surface area contributed by atoms with Crippen LogP contribution in [0.25, 0.3) is 0 Å². The molecule has 2 rings (SSSR count). The summed E-state index contributed by atoms with van der Waals surface area (Å²) in [5, 5.41) is 3.63. The van der Waals surface area contributed by atoms with Crippen LogP contribution in [0.15, 0.2) is 18.2 Å². The highest BCUT2D eigenvalue weighted by atomic mass is 15.1. The molecule has 2 nitrogen and oxygen atoms in total. The van der Waals surface area contributed by atoms with Gasteiger partial charge in [0.15, 0.2) is 0 Å². The van der Waals surface area contributed by atoms with Crippen LogP contribution in [0.4, 0.5) is 0 Å². The van der Waals surface area contributed by atoms with E-state index >= 15 is 0 Å². The van der Waals surface area contributed by atoms with Crippen LogP contribution >= 0.6 is 0 Å². The summed E-state index contributed by atoms with van der Waals surface area (Å²) in [4.78, 5) is 2.54. The summed E-state index contributed by atoms with van der Waals surface area (Å²) in [7, 11) is 2.28. The van der Waals surface area contributed by atoms with Gasteiger partial charge >= 0.3 is 0 Å². The Balaban J connectivity index is 2.20. The van der Waals surface area contributed by atoms with Gasteiger partial charge in [-0.3, -0.25) is 4.90 Å². The van der Waals surface area contributed by atoms with Gasteiger partial charge in [-0.15, -0.1) is 0 Å². The monoisotopic (exact) mass is 274 g/mol. The van der Waals surface area contributed by atoms with E-state index in [2.05, 4.69) is 63.2 Å². The van der Waals surface area contributed by atoms with E-state index in [9.17, 15) is 0 Å². The van der Waals surface area contributed by atoms with Gasteiger partial charge in [0, 0.05) is 18.6 Å². The van der Waals surface area contributed by atoms with Gasteiger partial charge in [0.05, 0.1) is 0 Å². The van der Waals surface area contributed by atoms with E-state index in [0.717, 1.165) is 12.5 Å². The molecule has 0 spiro atoms. The normalized spacial score (nSPS) is 24.3. The van der Waals surface area contributed by atoms with Crippen molar-refractivity contribution in [3.63, 3.8) is 0 Å². The second kappa shape index (κ2) is 6.73. The number of hydrogen-bond acceptors (Lipinski definition) is 2. The Labute approximate surface area is 124 Å². The van der Waals surface area contributed by atoms with Crippen LogP contribution in [0.2, 0.25) is 0 Å². The van der Waals surface area contributed by atoms with Crippen molar-refractivity contribution in [1.82, 2.24) is 10.2 Å². The molecule has 1 aromatic rings. The third-order valence-electron chi connectivity index (χ3n) is 4.67. The molecule has 0 bridgehead atoms. The third-order valence-corrected chi connectivity index (χ3v) is 4.67. The molecule has 0 saturated carbocycles. The minimum absolute atomic E-state index is 0.564. The molecule has 1 fully saturated rings. The minimum Gasteiger partial charge on any atom is -0.314 e. The molecular formula is C18H30N2. The first kappa shape index (κ1) is 15.5. The summed E-state index contributed by atoms with van der Waals surface area (Å²) in [5.41, 5.74) is 4.30. The van der Waals surface area contributed by atoms with E-state index < -0.39 is 0 Å². The molecule has 1 N–H and O–H groups in total. The molecular weight excluding hydrogens is 244 g/mol. The molecule has 2 atom stereocenters. The number of nitrogens with zero attached hydrogens (tertiary/aromatic N) is 1. The number of nitrogens with one attached hydrogen (secondary N) is 1. The highest BCUT2D eigenvalue weighted by molar-refractivity contribution is 5.32. The highest BCUT2D eigenvalue weighted by Crippen LogP contribution is 2.35. The van der Waals surface area contributed by atoms with Crippen LogP contribution in [0, 0.1) is 19.8 Å². The molecule has 1 heterocycles. The van der Waals surface area contributed by atoms with E-state index in [-0.39, 0.29) is 0 Å². The second-order valence-corrected chi connectivity index (χ2v) is 6.73. The SMILES string of the molecule is Cc1ccc(C2C(CNC(C)C)CCCN2C)cc1C. The van der Waals surface area contributed by atoms with E-state index in [0.29, 0.717) is 12.1 Å². The number of aryl methyl sites for hydroxylation is 2. The average Bonchev–Trinajstić information content (AvgIpc) is 2.40. The smallest absolute Gasteiger partial charge is 0.0385 e. The molecule has 0 aliphatic carbocycles. The molecule has 2 unspecified atom stereocenters. The van der Waals surface area contributed by atoms with Crippen molar-refractivity contribution in [3.05, 3.63) is 34.9 Å². The summed E-state index contributed by atoms with van der Waals surface area (Å²) in [6, 6.07) is 8.14. The summed E-state index contributed by atoms with van der Waals surface area (Å²) in [5.74, 6) is 0.721. The molecule has 1 saturated heterocycles. The van der Waals surface area contributed by atoms with Gasteiger partial charge in [0.25, 0.3) is 0 Å². The number of hydrogen-bond donors (Lipinski definition) is 1. The lowest BCUT2D eigenvalue weighted by Crippen LogP contribution is -2.41. The van der Waals surface area contributed by atoms with E-state index in [1.54, 1.807) is 0 Å². The maximum atomic E-state index is 3.63. The molecule has 0 radical (unpaired) electrons. The van der Waals surface area contributed by atoms with Gasteiger partial charge in [-0.25, -0.2) is 0 Å². The van der Waals surface area contributed by atoms with Gasteiger partial charge < -0.3 is 5.32 Å². The molecule has 1 aliphatic heterocycles. The van der Waals surface area contributed by atoms with Crippen molar-refractivity contribution >= 4 is 0 Å². The maximum absolute atomic E-state index is 3.63. The van der Waals surface area contributed by atoms with Crippen molar-refractivity contribution in [2.45, 2.75) is 52.6 Å². The quantitative estimate of drug-likeness (QED) is 0.901. The number of rotatable bonds is 4. The van der Waals surface area contributed by atoms with Crippen LogP contribution in [0.1, 0.15) is 49.4 Å². The summed E-state index contributed by atoms with van der Waals surface area (Å²) < 4.78 is 0. The first-order chi connectivity index (χ1) is 9.49.